The molecule has 2 atom stereocenters. The van der Waals surface area contributed by atoms with Gasteiger partial charge in [-0.25, -0.2) is 9.97 Å². The number of thiazole rings is 1. The maximum Gasteiger partial charge on any atom is 0.314 e. The number of H-pyrrole nitrogens is 1. The summed E-state index contributed by atoms with van der Waals surface area (Å²) in [5.74, 6) is -0.902. The molecule has 3 aromatic heterocycles. The van der Waals surface area contributed by atoms with Gasteiger partial charge < -0.3 is 20.1 Å². The average molecular weight is 492 g/mol. The van der Waals surface area contributed by atoms with Gasteiger partial charge >= 0.3 is 11.8 Å². The second-order valence-electron chi connectivity index (χ2n) is 9.48. The van der Waals surface area contributed by atoms with Crippen LogP contribution in [0.25, 0.3) is 21.3 Å². The number of pyridine rings is 1. The third-order valence-electron chi connectivity index (χ3n) is 6.47. The standard InChI is InChI=1S/C25H29N7O2S/c1-15-4-6-20(16-5-7-21-17(10-16)29-22(35-21)8-9-31(2)3)32(13-15)25(34)24(33)30-19-12-26-11-18-23(19)28-14-27-18/h5,7,10-12,14-15,20H,4,6,8-9,13H2,1-3H3,(H,27,28)(H,30,33)/t15-,20+/m0/s1. The number of nitrogens with zero attached hydrogens (tertiary/aromatic N) is 5. The number of nitrogens with one attached hydrogen (secondary N) is 2. The van der Waals surface area contributed by atoms with Gasteiger partial charge in [-0.05, 0) is 50.6 Å². The Bertz CT molecular complexity index is 1380. The summed E-state index contributed by atoms with van der Waals surface area (Å²) in [4.78, 5) is 46.4. The first-order valence-electron chi connectivity index (χ1n) is 11.8. The molecule has 0 aliphatic carbocycles. The fourth-order valence-corrected chi connectivity index (χ4v) is 5.55. The molecule has 0 saturated carbocycles. The normalized spacial score (nSPS) is 18.5. The van der Waals surface area contributed by atoms with Gasteiger partial charge in [0.2, 0.25) is 0 Å². The van der Waals surface area contributed by atoms with Crippen LogP contribution < -0.4 is 5.32 Å². The number of aromatic nitrogens is 4. The van der Waals surface area contributed by atoms with E-state index in [2.05, 4.69) is 64.4 Å². The number of carbonyl (C=O) groups is 2. The van der Waals surface area contributed by atoms with E-state index in [4.69, 9.17) is 4.98 Å². The van der Waals surface area contributed by atoms with Crippen LogP contribution in [-0.4, -0.2) is 68.7 Å². The number of fused-ring (bicyclic) bond motifs is 2. The van der Waals surface area contributed by atoms with Gasteiger partial charge in [-0.3, -0.25) is 14.6 Å². The molecule has 4 heterocycles. The molecule has 2 amide bonds. The molecule has 1 fully saturated rings. The van der Waals surface area contributed by atoms with E-state index in [1.54, 1.807) is 22.4 Å². The maximum atomic E-state index is 13.4. The number of benzene rings is 1. The third kappa shape index (κ3) is 4.89. The maximum absolute atomic E-state index is 13.4. The van der Waals surface area contributed by atoms with Crippen LogP contribution >= 0.6 is 11.3 Å². The highest BCUT2D eigenvalue weighted by Gasteiger charge is 2.34. The van der Waals surface area contributed by atoms with Crippen molar-refractivity contribution in [3.8, 4) is 0 Å². The molecule has 35 heavy (non-hydrogen) atoms. The molecule has 1 aliphatic rings. The molecule has 5 rings (SSSR count). The Balaban J connectivity index is 1.38. The first kappa shape index (κ1) is 23.4. The number of anilines is 1. The first-order valence-corrected chi connectivity index (χ1v) is 12.6. The predicted octanol–water partition coefficient (Wildman–Crippen LogP) is 3.61. The highest BCUT2D eigenvalue weighted by atomic mass is 32.1. The quantitative estimate of drug-likeness (QED) is 0.413. The molecule has 182 valence electrons. The summed E-state index contributed by atoms with van der Waals surface area (Å²) in [6.45, 7) is 3.60. The lowest BCUT2D eigenvalue weighted by Crippen LogP contribution is -2.46. The van der Waals surface area contributed by atoms with Crippen molar-refractivity contribution in [3.05, 3.63) is 47.5 Å². The zero-order valence-corrected chi connectivity index (χ0v) is 20.9. The molecule has 2 N–H and O–H groups in total. The Morgan fingerprint density at radius 3 is 2.94 bits per heavy atom. The van der Waals surface area contributed by atoms with E-state index in [0.29, 0.717) is 29.2 Å². The van der Waals surface area contributed by atoms with Crippen LogP contribution in [0.3, 0.4) is 0 Å². The van der Waals surface area contributed by atoms with Crippen LogP contribution in [0.2, 0.25) is 0 Å². The van der Waals surface area contributed by atoms with E-state index >= 15 is 0 Å². The zero-order valence-electron chi connectivity index (χ0n) is 20.1. The lowest BCUT2D eigenvalue weighted by molar-refractivity contribution is -0.146. The molecule has 1 aliphatic heterocycles. The largest absolute Gasteiger partial charge is 0.343 e. The molecule has 1 saturated heterocycles. The number of carbonyl (C=O) groups excluding carboxylic acids is 2. The average Bonchev–Trinajstić information content (AvgIpc) is 3.49. The number of likely N-dealkylation sites (tertiary alicyclic amines) is 1. The van der Waals surface area contributed by atoms with Crippen molar-refractivity contribution in [2.45, 2.75) is 32.2 Å². The van der Waals surface area contributed by atoms with Crippen molar-refractivity contribution in [1.82, 2.24) is 29.7 Å². The molecule has 9 nitrogen and oxygen atoms in total. The van der Waals surface area contributed by atoms with E-state index < -0.39 is 11.8 Å². The SMILES string of the molecule is C[C@H]1CC[C@H](c2ccc3sc(CCN(C)C)nc3c2)N(C(=O)C(=O)Nc2cncc3[nH]cnc23)C1. The Hall–Kier alpha value is -3.37. The van der Waals surface area contributed by atoms with E-state index in [1.165, 1.54) is 12.5 Å². The molecule has 10 heteroatoms. The number of likely N-dealkylation sites (N-methyl/N-ethyl adjacent to an activating group) is 1. The third-order valence-corrected chi connectivity index (χ3v) is 7.56. The van der Waals surface area contributed by atoms with Gasteiger partial charge in [-0.2, -0.15) is 0 Å². The summed E-state index contributed by atoms with van der Waals surface area (Å²) in [5.41, 5.74) is 3.65. The number of rotatable bonds is 5. The van der Waals surface area contributed by atoms with Gasteiger partial charge in [0.25, 0.3) is 0 Å². The van der Waals surface area contributed by atoms with Crippen LogP contribution in [0, 0.1) is 5.92 Å². The molecule has 0 radical (unpaired) electrons. The summed E-state index contributed by atoms with van der Waals surface area (Å²) < 4.78 is 1.14. The fraction of sp³-hybridized carbons (Fsp3) is 0.400. The highest BCUT2D eigenvalue weighted by molar-refractivity contribution is 7.18. The van der Waals surface area contributed by atoms with Gasteiger partial charge in [0.1, 0.15) is 5.52 Å². The number of hydrogen-bond donors (Lipinski definition) is 2. The lowest BCUT2D eigenvalue weighted by atomic mass is 9.89. The van der Waals surface area contributed by atoms with Crippen LogP contribution in [-0.2, 0) is 16.0 Å². The van der Waals surface area contributed by atoms with Crippen molar-refractivity contribution < 1.29 is 9.59 Å². The Labute approximate surface area is 207 Å². The van der Waals surface area contributed by atoms with Gasteiger partial charge in [-0.1, -0.05) is 13.0 Å². The predicted molar refractivity (Wildman–Crippen MR) is 137 cm³/mol. The molecule has 0 unspecified atom stereocenters. The topological polar surface area (TPSA) is 107 Å². The molecule has 4 aromatic rings. The minimum Gasteiger partial charge on any atom is -0.343 e. The summed E-state index contributed by atoms with van der Waals surface area (Å²) in [6.07, 6.45) is 7.38. The summed E-state index contributed by atoms with van der Waals surface area (Å²) >= 11 is 1.71. The molecular weight excluding hydrogens is 462 g/mol. The van der Waals surface area contributed by atoms with Crippen LogP contribution in [0.1, 0.15) is 36.4 Å². The second kappa shape index (κ2) is 9.71. The van der Waals surface area contributed by atoms with Gasteiger partial charge in [0, 0.05) is 19.5 Å². The smallest absolute Gasteiger partial charge is 0.314 e. The Morgan fingerprint density at radius 1 is 1.26 bits per heavy atom. The van der Waals surface area contributed by atoms with Crippen LogP contribution in [0.15, 0.2) is 36.9 Å². The Morgan fingerprint density at radius 2 is 2.11 bits per heavy atom. The van der Waals surface area contributed by atoms with Crippen LogP contribution in [0.4, 0.5) is 5.69 Å². The monoisotopic (exact) mass is 491 g/mol. The molecule has 0 spiro atoms. The van der Waals surface area contributed by atoms with Gasteiger partial charge in [0.15, 0.2) is 0 Å². The second-order valence-corrected chi connectivity index (χ2v) is 10.6. The number of amides is 2. The van der Waals surface area contributed by atoms with Gasteiger partial charge in [-0.15, -0.1) is 11.3 Å². The minimum absolute atomic E-state index is 0.167. The fourth-order valence-electron chi connectivity index (χ4n) is 4.61. The summed E-state index contributed by atoms with van der Waals surface area (Å²) in [7, 11) is 4.12. The minimum atomic E-state index is -0.679. The Kier molecular flexibility index (Phi) is 6.48. The molecular formula is C25H29N7O2S. The zero-order chi connectivity index (χ0) is 24.5. The van der Waals surface area contributed by atoms with Gasteiger partial charge in [0.05, 0.1) is 51.2 Å². The van der Waals surface area contributed by atoms with E-state index in [-0.39, 0.29) is 6.04 Å². The number of imidazole rings is 1. The number of piperidine rings is 1. The lowest BCUT2D eigenvalue weighted by Gasteiger charge is -2.38. The first-order chi connectivity index (χ1) is 16.9. The molecule has 1 aromatic carbocycles. The van der Waals surface area contributed by atoms with E-state index in [1.807, 2.05) is 0 Å². The van der Waals surface area contributed by atoms with E-state index in [0.717, 1.165) is 46.6 Å². The summed E-state index contributed by atoms with van der Waals surface area (Å²) in [6, 6.07) is 6.08. The highest BCUT2D eigenvalue weighted by Crippen LogP contribution is 2.35. The molecule has 0 bridgehead atoms. The van der Waals surface area contributed by atoms with Crippen molar-refractivity contribution in [1.29, 1.82) is 0 Å². The van der Waals surface area contributed by atoms with Crippen molar-refractivity contribution in [2.75, 3.05) is 32.5 Å². The van der Waals surface area contributed by atoms with E-state index in [9.17, 15) is 9.59 Å². The van der Waals surface area contributed by atoms with Crippen LogP contribution in [0.5, 0.6) is 0 Å². The number of hydrogen-bond acceptors (Lipinski definition) is 7. The van der Waals surface area contributed by atoms with Crippen molar-refractivity contribution in [3.63, 3.8) is 0 Å². The van der Waals surface area contributed by atoms with Crippen molar-refractivity contribution in [2.24, 2.45) is 5.92 Å². The van der Waals surface area contributed by atoms with Crippen molar-refractivity contribution >= 4 is 50.1 Å². The number of aromatic amines is 1. The summed E-state index contributed by atoms with van der Waals surface area (Å²) in [5, 5.41) is 3.83.